The lowest BCUT2D eigenvalue weighted by molar-refractivity contribution is -0.275. The molecule has 2 aliphatic rings. The predicted octanol–water partition coefficient (Wildman–Crippen LogP) is 10.8. The van der Waals surface area contributed by atoms with Crippen LogP contribution < -0.4 is 14.4 Å². The van der Waals surface area contributed by atoms with E-state index in [0.717, 1.165) is 35.5 Å². The molecule has 1 heterocycles. The molecule has 0 spiro atoms. The third-order valence-electron chi connectivity index (χ3n) is 9.05. The molecule has 2 aromatic carbocycles. The van der Waals surface area contributed by atoms with Crippen LogP contribution in [-0.4, -0.2) is 19.3 Å². The summed E-state index contributed by atoms with van der Waals surface area (Å²) < 4.78 is 86.1. The SMILES string of the molecule is C=C(/C=C/C=C1/N(CCC2CCCCC2)c2ccc(OC(F)(F)F)cc2C1(C)C)C(C)(C)c1cc(OC(F)(F)F)ccc1C. The van der Waals surface area contributed by atoms with Crippen LogP contribution in [0.15, 0.2) is 72.5 Å². The molecule has 1 aliphatic carbocycles. The number of nitrogens with zero attached hydrogens (tertiary/aromatic N) is 1. The maximum absolute atomic E-state index is 13.0. The molecule has 2 aromatic rings. The number of ether oxygens (including phenoxy) is 2. The van der Waals surface area contributed by atoms with E-state index in [4.69, 9.17) is 0 Å². The highest BCUT2D eigenvalue weighted by atomic mass is 19.4. The summed E-state index contributed by atoms with van der Waals surface area (Å²) >= 11 is 0. The molecule has 0 atom stereocenters. The highest BCUT2D eigenvalue weighted by Crippen LogP contribution is 2.50. The van der Waals surface area contributed by atoms with Crippen molar-refractivity contribution in [2.45, 2.75) is 96.7 Å². The number of halogens is 6. The Bertz CT molecular complexity index is 1410. The molecule has 0 bridgehead atoms. The lowest BCUT2D eigenvalue weighted by Crippen LogP contribution is -2.28. The topological polar surface area (TPSA) is 21.7 Å². The van der Waals surface area contributed by atoms with E-state index in [2.05, 4.69) is 21.0 Å². The van der Waals surface area contributed by atoms with Crippen molar-refractivity contribution in [3.05, 3.63) is 89.2 Å². The lowest BCUT2D eigenvalue weighted by atomic mass is 9.76. The van der Waals surface area contributed by atoms with Gasteiger partial charge in [-0.05, 0) is 77.9 Å². The summed E-state index contributed by atoms with van der Waals surface area (Å²) in [7, 11) is 0. The second-order valence-electron chi connectivity index (χ2n) is 12.9. The Balaban J connectivity index is 1.64. The van der Waals surface area contributed by atoms with E-state index < -0.39 is 23.6 Å². The number of anilines is 1. The summed E-state index contributed by atoms with van der Waals surface area (Å²) in [5.74, 6) is 0.0649. The second kappa shape index (κ2) is 12.6. The standard InChI is InChI=1S/C35H41F6NO2/c1-23-15-16-26(43-34(36,37)38)21-28(23)32(3,4)24(2)11-10-14-31-33(5,6)29-22-27(44-35(39,40)41)17-18-30(29)42(31)20-19-25-12-8-7-9-13-25/h10-11,14-18,21-22,25H,2,7-9,12-13,19-20H2,1,3-6H3/b11-10+,31-14+. The van der Waals surface area contributed by atoms with Crippen LogP contribution in [0.25, 0.3) is 0 Å². The van der Waals surface area contributed by atoms with Gasteiger partial charge >= 0.3 is 12.7 Å². The first-order valence-electron chi connectivity index (χ1n) is 15.0. The molecule has 1 aliphatic heterocycles. The summed E-state index contributed by atoms with van der Waals surface area (Å²) in [6.45, 7) is 14.5. The van der Waals surface area contributed by atoms with Crippen LogP contribution in [-0.2, 0) is 10.8 Å². The van der Waals surface area contributed by atoms with Crippen molar-refractivity contribution in [1.29, 1.82) is 0 Å². The van der Waals surface area contributed by atoms with Gasteiger partial charge in [-0.25, -0.2) is 0 Å². The Morgan fingerprint density at radius 1 is 0.932 bits per heavy atom. The first kappa shape index (κ1) is 33.5. The summed E-state index contributed by atoms with van der Waals surface area (Å²) in [4.78, 5) is 2.20. The molecule has 0 unspecified atom stereocenters. The number of hydrogen-bond donors (Lipinski definition) is 0. The Labute approximate surface area is 256 Å². The van der Waals surface area contributed by atoms with E-state index >= 15 is 0 Å². The number of hydrogen-bond acceptors (Lipinski definition) is 3. The van der Waals surface area contributed by atoms with Crippen LogP contribution >= 0.6 is 0 Å². The average molecular weight is 622 g/mol. The number of fused-ring (bicyclic) bond motifs is 1. The van der Waals surface area contributed by atoms with Gasteiger partial charge in [-0.15, -0.1) is 26.3 Å². The van der Waals surface area contributed by atoms with Gasteiger partial charge in [0.15, 0.2) is 0 Å². The van der Waals surface area contributed by atoms with Crippen LogP contribution in [0.4, 0.5) is 32.0 Å². The van der Waals surface area contributed by atoms with Crippen LogP contribution in [0.1, 0.15) is 82.9 Å². The fraction of sp³-hybridized carbons (Fsp3) is 0.486. The maximum Gasteiger partial charge on any atom is 0.573 e. The van der Waals surface area contributed by atoms with E-state index in [1.54, 1.807) is 12.1 Å². The predicted molar refractivity (Wildman–Crippen MR) is 162 cm³/mol. The van der Waals surface area contributed by atoms with Crippen molar-refractivity contribution in [2.75, 3.05) is 11.4 Å². The van der Waals surface area contributed by atoms with Crippen molar-refractivity contribution in [3.8, 4) is 11.5 Å². The van der Waals surface area contributed by atoms with Gasteiger partial charge < -0.3 is 14.4 Å². The summed E-state index contributed by atoms with van der Waals surface area (Å²) in [6.07, 6.45) is 3.12. The van der Waals surface area contributed by atoms with Crippen LogP contribution in [0, 0.1) is 12.8 Å². The summed E-state index contributed by atoms with van der Waals surface area (Å²) in [6, 6.07) is 8.81. The number of aryl methyl sites for hydroxylation is 1. The number of allylic oxidation sites excluding steroid dienone is 5. The number of rotatable bonds is 9. The Kier molecular flexibility index (Phi) is 9.57. The van der Waals surface area contributed by atoms with Gasteiger partial charge in [-0.2, -0.15) is 0 Å². The molecular formula is C35H41F6NO2. The van der Waals surface area contributed by atoms with Gasteiger partial charge in [-0.1, -0.05) is 84.6 Å². The molecule has 1 saturated carbocycles. The highest BCUT2D eigenvalue weighted by Gasteiger charge is 2.41. The molecular weight excluding hydrogens is 580 g/mol. The number of alkyl halides is 6. The largest absolute Gasteiger partial charge is 0.573 e. The molecule has 4 rings (SSSR count). The van der Waals surface area contributed by atoms with E-state index in [-0.39, 0.29) is 11.5 Å². The third kappa shape index (κ3) is 7.83. The van der Waals surface area contributed by atoms with Crippen molar-refractivity contribution in [3.63, 3.8) is 0 Å². The maximum atomic E-state index is 13.0. The van der Waals surface area contributed by atoms with Crippen molar-refractivity contribution in [1.82, 2.24) is 0 Å². The van der Waals surface area contributed by atoms with Crippen molar-refractivity contribution in [2.24, 2.45) is 5.92 Å². The van der Waals surface area contributed by atoms with Gasteiger partial charge in [0, 0.05) is 28.8 Å². The van der Waals surface area contributed by atoms with Crippen LogP contribution in [0.3, 0.4) is 0 Å². The first-order chi connectivity index (χ1) is 20.4. The molecule has 1 fully saturated rings. The first-order valence-corrected chi connectivity index (χ1v) is 15.0. The van der Waals surface area contributed by atoms with Crippen molar-refractivity contribution < 1.29 is 35.8 Å². The monoisotopic (exact) mass is 621 g/mol. The van der Waals surface area contributed by atoms with Crippen LogP contribution in [0.2, 0.25) is 0 Å². The molecule has 0 aromatic heterocycles. The average Bonchev–Trinajstić information content (AvgIpc) is 3.12. The summed E-state index contributed by atoms with van der Waals surface area (Å²) in [5.41, 5.74) is 3.33. The molecule has 0 radical (unpaired) electrons. The molecule has 9 heteroatoms. The number of benzene rings is 2. The van der Waals surface area contributed by atoms with E-state index in [9.17, 15) is 26.3 Å². The minimum absolute atomic E-state index is 0.254. The van der Waals surface area contributed by atoms with Gasteiger partial charge in [0.05, 0.1) is 0 Å². The molecule has 0 amide bonds. The molecule has 0 saturated heterocycles. The van der Waals surface area contributed by atoms with E-state index in [0.29, 0.717) is 17.1 Å². The van der Waals surface area contributed by atoms with Gasteiger partial charge in [0.1, 0.15) is 11.5 Å². The quantitative estimate of drug-likeness (QED) is 0.205. The van der Waals surface area contributed by atoms with E-state index in [1.165, 1.54) is 56.4 Å². The molecule has 240 valence electrons. The Morgan fingerprint density at radius 2 is 1.52 bits per heavy atom. The fourth-order valence-electron chi connectivity index (χ4n) is 6.49. The van der Waals surface area contributed by atoms with Crippen LogP contribution in [0.5, 0.6) is 11.5 Å². The second-order valence-corrected chi connectivity index (χ2v) is 12.9. The Morgan fingerprint density at radius 3 is 2.14 bits per heavy atom. The zero-order valence-corrected chi connectivity index (χ0v) is 26.0. The van der Waals surface area contributed by atoms with Gasteiger partial charge in [-0.3, -0.25) is 0 Å². The minimum Gasteiger partial charge on any atom is -0.406 e. The fourth-order valence-corrected chi connectivity index (χ4v) is 6.49. The third-order valence-corrected chi connectivity index (χ3v) is 9.05. The molecule has 3 nitrogen and oxygen atoms in total. The lowest BCUT2D eigenvalue weighted by Gasteiger charge is -2.30. The normalized spacial score (nSPS) is 18.6. The van der Waals surface area contributed by atoms with Gasteiger partial charge in [0.2, 0.25) is 0 Å². The highest BCUT2D eigenvalue weighted by molar-refractivity contribution is 5.72. The van der Waals surface area contributed by atoms with Crippen molar-refractivity contribution >= 4 is 5.69 Å². The smallest absolute Gasteiger partial charge is 0.406 e. The summed E-state index contributed by atoms with van der Waals surface area (Å²) in [5, 5.41) is 0. The zero-order chi connectivity index (χ0) is 32.5. The zero-order valence-electron chi connectivity index (χ0n) is 26.0. The van der Waals surface area contributed by atoms with Gasteiger partial charge in [0.25, 0.3) is 0 Å². The molecule has 44 heavy (non-hydrogen) atoms. The minimum atomic E-state index is -4.80. The van der Waals surface area contributed by atoms with E-state index in [1.807, 2.05) is 52.8 Å². The Hall–Kier alpha value is -3.36. The molecule has 0 N–H and O–H groups in total.